The minimum Gasteiger partial charge on any atom is -0.354 e. The fourth-order valence-corrected chi connectivity index (χ4v) is 3.50. The Hall–Kier alpha value is -2.08. The second-order valence-corrected chi connectivity index (χ2v) is 6.94. The van der Waals surface area contributed by atoms with Crippen LogP contribution in [0.5, 0.6) is 0 Å². The van der Waals surface area contributed by atoms with Gasteiger partial charge in [0.25, 0.3) is 0 Å². The van der Waals surface area contributed by atoms with E-state index in [0.29, 0.717) is 6.54 Å². The molecule has 2 aromatic rings. The van der Waals surface area contributed by atoms with Gasteiger partial charge in [0, 0.05) is 44.3 Å². The zero-order chi connectivity index (χ0) is 17.6. The third kappa shape index (κ3) is 4.95. The number of hydrogen-bond acceptors (Lipinski definition) is 3. The van der Waals surface area contributed by atoms with Crippen molar-refractivity contribution in [1.29, 1.82) is 0 Å². The average molecular weight is 343 g/mol. The van der Waals surface area contributed by atoms with Gasteiger partial charge in [-0.25, -0.2) is 0 Å². The largest absolute Gasteiger partial charge is 0.354 e. The number of hydrogen-bond donors (Lipinski definition) is 0. The van der Waals surface area contributed by atoms with Crippen molar-refractivity contribution < 1.29 is 4.79 Å². The van der Waals surface area contributed by atoms with Gasteiger partial charge in [-0.1, -0.05) is 0 Å². The molecule has 1 aliphatic rings. The number of rotatable bonds is 6. The van der Waals surface area contributed by atoms with Crippen LogP contribution in [0.25, 0.3) is 0 Å². The van der Waals surface area contributed by atoms with Gasteiger partial charge in [-0.15, -0.1) is 0 Å². The van der Waals surface area contributed by atoms with Crippen molar-refractivity contribution in [3.05, 3.63) is 42.0 Å². The summed E-state index contributed by atoms with van der Waals surface area (Å²) in [5, 5.41) is 4.40. The number of carbonyl (C=O) groups is 1. The Morgan fingerprint density at radius 1 is 1.08 bits per heavy atom. The van der Waals surface area contributed by atoms with Crippen molar-refractivity contribution >= 4 is 5.91 Å². The first-order valence-electron chi connectivity index (χ1n) is 9.24. The van der Waals surface area contributed by atoms with Crippen LogP contribution in [0.3, 0.4) is 0 Å². The highest BCUT2D eigenvalue weighted by Crippen LogP contribution is 2.08. The standard InChI is InChI=1S/C19H29N5O/c1-17-15-18(2)24(20-17)16-19(25)23-12-6-11-22(13-14-23)10-5-9-21-7-3-4-8-21/h3-4,7-8,15H,5-6,9-14,16H2,1-2H3. The number of aryl methyl sites for hydroxylation is 3. The SMILES string of the molecule is Cc1cc(C)n(CC(=O)N2CCCN(CCCn3cccc3)CC2)n1. The minimum atomic E-state index is 0.181. The molecule has 25 heavy (non-hydrogen) atoms. The van der Waals surface area contributed by atoms with Crippen molar-refractivity contribution in [1.82, 2.24) is 24.1 Å². The van der Waals surface area contributed by atoms with E-state index in [0.717, 1.165) is 63.5 Å². The maximum absolute atomic E-state index is 12.6. The molecule has 6 heteroatoms. The Kier molecular flexibility index (Phi) is 5.91. The van der Waals surface area contributed by atoms with Crippen LogP contribution >= 0.6 is 0 Å². The first kappa shape index (κ1) is 17.7. The second-order valence-electron chi connectivity index (χ2n) is 6.94. The number of carbonyl (C=O) groups excluding carboxylic acids is 1. The molecular formula is C19H29N5O. The van der Waals surface area contributed by atoms with Crippen LogP contribution in [-0.4, -0.2) is 62.8 Å². The van der Waals surface area contributed by atoms with E-state index in [4.69, 9.17) is 0 Å². The molecule has 1 fully saturated rings. The van der Waals surface area contributed by atoms with E-state index in [9.17, 15) is 4.79 Å². The Balaban J connectivity index is 1.44. The maximum Gasteiger partial charge on any atom is 0.244 e. The molecule has 0 saturated carbocycles. The molecule has 0 atom stereocenters. The molecule has 0 spiro atoms. The zero-order valence-electron chi connectivity index (χ0n) is 15.4. The molecule has 1 amide bonds. The number of nitrogens with zero attached hydrogens (tertiary/aromatic N) is 5. The van der Waals surface area contributed by atoms with Crippen molar-refractivity contribution in [2.75, 3.05) is 32.7 Å². The van der Waals surface area contributed by atoms with E-state index < -0.39 is 0 Å². The van der Waals surface area contributed by atoms with Gasteiger partial charge in [0.15, 0.2) is 0 Å². The summed E-state index contributed by atoms with van der Waals surface area (Å²) in [6.45, 7) is 10.2. The third-order valence-corrected chi connectivity index (χ3v) is 4.89. The lowest BCUT2D eigenvalue weighted by Crippen LogP contribution is -2.37. The first-order valence-corrected chi connectivity index (χ1v) is 9.24. The molecule has 0 N–H and O–H groups in total. The predicted octanol–water partition coefficient (Wildman–Crippen LogP) is 1.93. The summed E-state index contributed by atoms with van der Waals surface area (Å²) in [7, 11) is 0. The monoisotopic (exact) mass is 343 g/mol. The van der Waals surface area contributed by atoms with E-state index in [-0.39, 0.29) is 5.91 Å². The van der Waals surface area contributed by atoms with Gasteiger partial charge in [-0.2, -0.15) is 5.10 Å². The normalized spacial score (nSPS) is 16.2. The summed E-state index contributed by atoms with van der Waals surface area (Å²) in [6, 6.07) is 6.15. The van der Waals surface area contributed by atoms with Gasteiger partial charge >= 0.3 is 0 Å². The van der Waals surface area contributed by atoms with Crippen LogP contribution in [0.4, 0.5) is 0 Å². The van der Waals surface area contributed by atoms with Gasteiger partial charge in [-0.3, -0.25) is 9.48 Å². The molecule has 3 heterocycles. The third-order valence-electron chi connectivity index (χ3n) is 4.89. The van der Waals surface area contributed by atoms with Crippen LogP contribution in [0, 0.1) is 13.8 Å². The molecular weight excluding hydrogens is 314 g/mol. The van der Waals surface area contributed by atoms with Crippen LogP contribution in [0.2, 0.25) is 0 Å². The Morgan fingerprint density at radius 3 is 2.60 bits per heavy atom. The van der Waals surface area contributed by atoms with Crippen molar-refractivity contribution in [3.63, 3.8) is 0 Å². The fraction of sp³-hybridized carbons (Fsp3) is 0.579. The quantitative estimate of drug-likeness (QED) is 0.805. The molecule has 1 aliphatic heterocycles. The van der Waals surface area contributed by atoms with Crippen LogP contribution < -0.4 is 0 Å². The summed E-state index contributed by atoms with van der Waals surface area (Å²) in [5.74, 6) is 0.181. The molecule has 0 unspecified atom stereocenters. The van der Waals surface area contributed by atoms with Crippen LogP contribution in [-0.2, 0) is 17.9 Å². The van der Waals surface area contributed by atoms with E-state index in [1.807, 2.05) is 29.5 Å². The lowest BCUT2D eigenvalue weighted by Gasteiger charge is -2.22. The summed E-state index contributed by atoms with van der Waals surface area (Å²) in [5.41, 5.74) is 2.02. The topological polar surface area (TPSA) is 46.3 Å². The predicted molar refractivity (Wildman–Crippen MR) is 98.4 cm³/mol. The highest BCUT2D eigenvalue weighted by molar-refractivity contribution is 5.76. The smallest absolute Gasteiger partial charge is 0.244 e. The molecule has 136 valence electrons. The number of amides is 1. The van der Waals surface area contributed by atoms with Gasteiger partial charge in [-0.05, 0) is 58.0 Å². The highest BCUT2D eigenvalue weighted by Gasteiger charge is 2.19. The average Bonchev–Trinajstić information content (AvgIpc) is 3.12. The summed E-state index contributed by atoms with van der Waals surface area (Å²) in [4.78, 5) is 17.1. The first-order chi connectivity index (χ1) is 12.1. The molecule has 6 nitrogen and oxygen atoms in total. The fourth-order valence-electron chi connectivity index (χ4n) is 3.50. The van der Waals surface area contributed by atoms with E-state index in [2.05, 4.69) is 39.1 Å². The summed E-state index contributed by atoms with van der Waals surface area (Å²) in [6.07, 6.45) is 6.42. The molecule has 0 aromatic carbocycles. The lowest BCUT2D eigenvalue weighted by atomic mass is 10.3. The Morgan fingerprint density at radius 2 is 1.88 bits per heavy atom. The molecule has 0 radical (unpaired) electrons. The second kappa shape index (κ2) is 8.34. The Labute approximate surface area is 150 Å². The van der Waals surface area contributed by atoms with Crippen molar-refractivity contribution in [3.8, 4) is 0 Å². The van der Waals surface area contributed by atoms with Gasteiger partial charge < -0.3 is 14.4 Å². The van der Waals surface area contributed by atoms with Gasteiger partial charge in [0.05, 0.1) is 5.69 Å². The van der Waals surface area contributed by atoms with E-state index >= 15 is 0 Å². The molecule has 1 saturated heterocycles. The van der Waals surface area contributed by atoms with Crippen molar-refractivity contribution in [2.24, 2.45) is 0 Å². The number of aromatic nitrogens is 3. The van der Waals surface area contributed by atoms with Crippen LogP contribution in [0.1, 0.15) is 24.2 Å². The molecule has 0 aliphatic carbocycles. The van der Waals surface area contributed by atoms with Crippen molar-refractivity contribution in [2.45, 2.75) is 39.8 Å². The zero-order valence-corrected chi connectivity index (χ0v) is 15.4. The molecule has 2 aromatic heterocycles. The lowest BCUT2D eigenvalue weighted by molar-refractivity contribution is -0.131. The minimum absolute atomic E-state index is 0.181. The molecule has 0 bridgehead atoms. The highest BCUT2D eigenvalue weighted by atomic mass is 16.2. The van der Waals surface area contributed by atoms with Gasteiger partial charge in [0.1, 0.15) is 6.54 Å². The van der Waals surface area contributed by atoms with E-state index in [1.54, 1.807) is 0 Å². The maximum atomic E-state index is 12.6. The van der Waals surface area contributed by atoms with Crippen LogP contribution in [0.15, 0.2) is 30.6 Å². The van der Waals surface area contributed by atoms with Gasteiger partial charge in [0.2, 0.25) is 5.91 Å². The Bertz CT molecular complexity index is 676. The summed E-state index contributed by atoms with van der Waals surface area (Å²) < 4.78 is 4.04. The molecule has 3 rings (SSSR count). The summed E-state index contributed by atoms with van der Waals surface area (Å²) >= 11 is 0. The van der Waals surface area contributed by atoms with E-state index in [1.165, 1.54) is 0 Å².